The predicted molar refractivity (Wildman–Crippen MR) is 90.8 cm³/mol. The summed E-state index contributed by atoms with van der Waals surface area (Å²) in [7, 11) is 1.47. The first-order valence-electron chi connectivity index (χ1n) is 6.87. The number of hydrogen-bond donors (Lipinski definition) is 1. The molecule has 1 N–H and O–H groups in total. The van der Waals surface area contributed by atoms with E-state index < -0.39 is 18.0 Å². The van der Waals surface area contributed by atoms with Crippen LogP contribution in [0.25, 0.3) is 0 Å². The van der Waals surface area contributed by atoms with Crippen LogP contribution in [0.5, 0.6) is 5.75 Å². The first-order chi connectivity index (χ1) is 11.4. The van der Waals surface area contributed by atoms with Crippen LogP contribution in [0.4, 0.5) is 5.69 Å². The predicted octanol–water partition coefficient (Wildman–Crippen LogP) is 3.58. The minimum atomic E-state index is -1.03. The molecule has 1 unspecified atom stereocenters. The van der Waals surface area contributed by atoms with Crippen LogP contribution >= 0.6 is 23.2 Å². The van der Waals surface area contributed by atoms with Crippen molar-refractivity contribution in [3.63, 3.8) is 0 Å². The van der Waals surface area contributed by atoms with E-state index in [1.165, 1.54) is 38.4 Å². The molecule has 0 fully saturated rings. The largest absolute Gasteiger partial charge is 0.495 e. The highest BCUT2D eigenvalue weighted by molar-refractivity contribution is 6.31. The van der Waals surface area contributed by atoms with E-state index in [2.05, 4.69) is 10.3 Å². The van der Waals surface area contributed by atoms with Gasteiger partial charge in [-0.2, -0.15) is 0 Å². The fourth-order valence-electron chi connectivity index (χ4n) is 1.79. The number of carbonyl (C=O) groups is 2. The minimum absolute atomic E-state index is 0.194. The zero-order chi connectivity index (χ0) is 17.7. The number of carbonyl (C=O) groups excluding carboxylic acids is 2. The molecule has 0 bridgehead atoms. The summed E-state index contributed by atoms with van der Waals surface area (Å²) < 4.78 is 10.2. The lowest BCUT2D eigenvalue weighted by Gasteiger charge is -2.15. The third-order valence-electron chi connectivity index (χ3n) is 3.04. The van der Waals surface area contributed by atoms with Crippen molar-refractivity contribution in [3.05, 3.63) is 52.3 Å². The summed E-state index contributed by atoms with van der Waals surface area (Å²) in [5.74, 6) is -0.765. The molecule has 0 radical (unpaired) electrons. The van der Waals surface area contributed by atoms with E-state index in [1.807, 2.05) is 0 Å². The van der Waals surface area contributed by atoms with Gasteiger partial charge in [0.25, 0.3) is 5.91 Å². The van der Waals surface area contributed by atoms with Crippen molar-refractivity contribution in [1.82, 2.24) is 4.98 Å². The fourth-order valence-corrected chi connectivity index (χ4v) is 2.07. The van der Waals surface area contributed by atoms with Gasteiger partial charge in [-0.25, -0.2) is 9.78 Å². The van der Waals surface area contributed by atoms with Gasteiger partial charge in [0.1, 0.15) is 10.9 Å². The van der Waals surface area contributed by atoms with Gasteiger partial charge in [-0.3, -0.25) is 4.79 Å². The number of nitrogens with zero attached hydrogens (tertiary/aromatic N) is 1. The molecule has 1 amide bonds. The van der Waals surface area contributed by atoms with Crippen LogP contribution in [-0.4, -0.2) is 30.1 Å². The van der Waals surface area contributed by atoms with Crippen molar-refractivity contribution >= 4 is 40.8 Å². The minimum Gasteiger partial charge on any atom is -0.495 e. The molecule has 0 aliphatic rings. The van der Waals surface area contributed by atoms with Gasteiger partial charge < -0.3 is 14.8 Å². The van der Waals surface area contributed by atoms with Crippen molar-refractivity contribution in [1.29, 1.82) is 0 Å². The highest BCUT2D eigenvalue weighted by Gasteiger charge is 2.20. The van der Waals surface area contributed by atoms with Crippen molar-refractivity contribution < 1.29 is 19.1 Å². The standard InChI is InChI=1S/C16H14Cl2N2O4/c1-9(24-16(22)10-3-6-14(18)19-8-10)15(21)20-12-7-11(17)4-5-13(12)23-2/h3-9H,1-2H3,(H,20,21). The summed E-state index contributed by atoms with van der Waals surface area (Å²) in [5.41, 5.74) is 0.574. The van der Waals surface area contributed by atoms with E-state index in [9.17, 15) is 9.59 Å². The number of hydrogen-bond acceptors (Lipinski definition) is 5. The number of amides is 1. The summed E-state index contributed by atoms with van der Waals surface area (Å²) >= 11 is 11.6. The summed E-state index contributed by atoms with van der Waals surface area (Å²) in [6.45, 7) is 1.45. The topological polar surface area (TPSA) is 77.5 Å². The molecule has 24 heavy (non-hydrogen) atoms. The van der Waals surface area contributed by atoms with E-state index in [0.29, 0.717) is 16.5 Å². The van der Waals surface area contributed by atoms with Crippen LogP contribution in [-0.2, 0) is 9.53 Å². The van der Waals surface area contributed by atoms with Gasteiger partial charge in [0.05, 0.1) is 18.4 Å². The van der Waals surface area contributed by atoms with Crippen LogP contribution in [0, 0.1) is 0 Å². The molecule has 1 heterocycles. The quantitative estimate of drug-likeness (QED) is 0.644. The second kappa shape index (κ2) is 7.99. The molecule has 2 aromatic rings. The maximum atomic E-state index is 12.2. The average Bonchev–Trinajstić information content (AvgIpc) is 2.55. The molecular formula is C16H14Cl2N2O4. The smallest absolute Gasteiger partial charge is 0.340 e. The second-order valence-corrected chi connectivity index (χ2v) is 5.57. The Hall–Kier alpha value is -2.31. The van der Waals surface area contributed by atoms with Gasteiger partial charge in [0.15, 0.2) is 6.10 Å². The Kier molecular flexibility index (Phi) is 6.00. The van der Waals surface area contributed by atoms with Crippen molar-refractivity contribution in [2.45, 2.75) is 13.0 Å². The highest BCUT2D eigenvalue weighted by Crippen LogP contribution is 2.27. The van der Waals surface area contributed by atoms with Crippen LogP contribution in [0.2, 0.25) is 10.2 Å². The third-order valence-corrected chi connectivity index (χ3v) is 3.49. The molecule has 0 aliphatic carbocycles. The normalized spacial score (nSPS) is 11.5. The molecule has 1 aromatic carbocycles. The van der Waals surface area contributed by atoms with Gasteiger partial charge in [0, 0.05) is 11.2 Å². The van der Waals surface area contributed by atoms with Gasteiger partial charge in [-0.1, -0.05) is 23.2 Å². The van der Waals surface area contributed by atoms with Gasteiger partial charge in [-0.15, -0.1) is 0 Å². The molecule has 0 aliphatic heterocycles. The van der Waals surface area contributed by atoms with E-state index in [0.717, 1.165) is 0 Å². The summed E-state index contributed by atoms with van der Waals surface area (Å²) in [5, 5.41) is 3.29. The maximum absolute atomic E-state index is 12.2. The van der Waals surface area contributed by atoms with E-state index >= 15 is 0 Å². The van der Waals surface area contributed by atoms with Crippen molar-refractivity contribution in [2.75, 3.05) is 12.4 Å². The molecule has 0 saturated carbocycles. The zero-order valence-corrected chi connectivity index (χ0v) is 14.4. The monoisotopic (exact) mass is 368 g/mol. The summed E-state index contributed by atoms with van der Waals surface area (Å²) in [6.07, 6.45) is 0.242. The number of benzene rings is 1. The molecule has 6 nitrogen and oxygen atoms in total. The molecule has 1 atom stereocenters. The molecular weight excluding hydrogens is 355 g/mol. The molecule has 8 heteroatoms. The van der Waals surface area contributed by atoms with Crippen molar-refractivity contribution in [3.8, 4) is 5.75 Å². The Bertz CT molecular complexity index is 750. The maximum Gasteiger partial charge on any atom is 0.340 e. The van der Waals surface area contributed by atoms with Gasteiger partial charge >= 0.3 is 5.97 Å². The number of ether oxygens (including phenoxy) is 2. The summed E-state index contributed by atoms with van der Waals surface area (Å²) in [4.78, 5) is 27.9. The van der Waals surface area contributed by atoms with Crippen LogP contribution in [0.1, 0.15) is 17.3 Å². The lowest BCUT2D eigenvalue weighted by atomic mass is 10.2. The molecule has 2 rings (SSSR count). The Balaban J connectivity index is 2.03. The highest BCUT2D eigenvalue weighted by atomic mass is 35.5. The third kappa shape index (κ3) is 4.59. The number of halogens is 2. The van der Waals surface area contributed by atoms with Crippen LogP contribution < -0.4 is 10.1 Å². The van der Waals surface area contributed by atoms with E-state index in [1.54, 1.807) is 12.1 Å². The number of methoxy groups -OCH3 is 1. The Morgan fingerprint density at radius 2 is 1.96 bits per heavy atom. The first-order valence-corrected chi connectivity index (χ1v) is 7.63. The van der Waals surface area contributed by atoms with Crippen molar-refractivity contribution in [2.24, 2.45) is 0 Å². The molecule has 0 saturated heterocycles. The number of esters is 1. The Morgan fingerprint density at radius 3 is 2.58 bits per heavy atom. The second-order valence-electron chi connectivity index (χ2n) is 4.75. The number of rotatable bonds is 5. The molecule has 0 spiro atoms. The number of pyridine rings is 1. The van der Waals surface area contributed by atoms with Gasteiger partial charge in [0.2, 0.25) is 0 Å². The summed E-state index contributed by atoms with van der Waals surface area (Å²) in [6, 6.07) is 7.71. The number of anilines is 1. The van der Waals surface area contributed by atoms with Gasteiger partial charge in [-0.05, 0) is 37.3 Å². The number of nitrogens with one attached hydrogen (secondary N) is 1. The Morgan fingerprint density at radius 1 is 1.21 bits per heavy atom. The van der Waals surface area contributed by atoms with E-state index in [-0.39, 0.29) is 10.7 Å². The van der Waals surface area contributed by atoms with Crippen LogP contribution in [0.3, 0.4) is 0 Å². The lowest BCUT2D eigenvalue weighted by Crippen LogP contribution is -2.30. The average molecular weight is 369 g/mol. The fraction of sp³-hybridized carbons (Fsp3) is 0.188. The first kappa shape index (κ1) is 18.0. The number of aromatic nitrogens is 1. The van der Waals surface area contributed by atoms with Crippen LogP contribution in [0.15, 0.2) is 36.5 Å². The lowest BCUT2D eigenvalue weighted by molar-refractivity contribution is -0.123. The van der Waals surface area contributed by atoms with E-state index in [4.69, 9.17) is 32.7 Å². The molecule has 1 aromatic heterocycles. The SMILES string of the molecule is COc1ccc(Cl)cc1NC(=O)C(C)OC(=O)c1ccc(Cl)nc1. The zero-order valence-electron chi connectivity index (χ0n) is 12.9. The Labute approximate surface area is 148 Å². The molecule has 126 valence electrons.